The minimum absolute atomic E-state index is 0.140. The predicted molar refractivity (Wildman–Crippen MR) is 87.7 cm³/mol. The Bertz CT molecular complexity index is 954. The van der Waals surface area contributed by atoms with Crippen LogP contribution in [0.3, 0.4) is 0 Å². The van der Waals surface area contributed by atoms with Crippen molar-refractivity contribution in [2.75, 3.05) is 0 Å². The van der Waals surface area contributed by atoms with E-state index in [4.69, 9.17) is 13.6 Å². The van der Waals surface area contributed by atoms with Gasteiger partial charge < -0.3 is 13.6 Å². The van der Waals surface area contributed by atoms with Gasteiger partial charge in [-0.25, -0.2) is 4.79 Å². The Hall–Kier alpha value is -2.93. The van der Waals surface area contributed by atoms with Crippen LogP contribution in [0.15, 0.2) is 56.7 Å². The maximum absolute atomic E-state index is 12.2. The van der Waals surface area contributed by atoms with E-state index >= 15 is 0 Å². The molecule has 1 aromatic carbocycles. The van der Waals surface area contributed by atoms with Crippen LogP contribution in [0.4, 0.5) is 0 Å². The molecule has 0 amide bonds. The molecule has 4 aromatic rings. The summed E-state index contributed by atoms with van der Waals surface area (Å²) in [5.41, 5.74) is 0.634. The molecule has 0 aliphatic carbocycles. The van der Waals surface area contributed by atoms with Crippen LogP contribution in [0.2, 0.25) is 0 Å². The molecule has 0 aliphatic heterocycles. The molecule has 0 N–H and O–H groups in total. The zero-order valence-electron chi connectivity index (χ0n) is 12.6. The maximum Gasteiger partial charge on any atom is 0.375 e. The summed E-state index contributed by atoms with van der Waals surface area (Å²) in [4.78, 5) is 13.1. The molecule has 1 atom stereocenters. The molecule has 4 rings (SSSR count). The lowest BCUT2D eigenvalue weighted by Gasteiger charge is -2.07. The number of ether oxygens (including phenoxy) is 1. The second-order valence-electron chi connectivity index (χ2n) is 5.12. The van der Waals surface area contributed by atoms with Crippen molar-refractivity contribution >= 4 is 28.3 Å². The summed E-state index contributed by atoms with van der Waals surface area (Å²) in [6.07, 6.45) is -0.674. The van der Waals surface area contributed by atoms with Crippen molar-refractivity contribution < 1.29 is 18.4 Å². The summed E-state index contributed by atoms with van der Waals surface area (Å²) in [5.74, 6) is 0.213. The van der Waals surface area contributed by atoms with Crippen LogP contribution >= 0.6 is 11.3 Å². The highest BCUT2D eigenvalue weighted by Crippen LogP contribution is 2.27. The number of aromatic nitrogens is 2. The molecule has 0 fully saturated rings. The standard InChI is InChI=1S/C17H12N2O4S/c1-10(15-18-19-16(23-15)14-7-4-8-24-14)21-17(20)13-9-11-5-2-3-6-12(11)22-13/h2-10H,1H3/t10-/m0/s1. The molecule has 0 aliphatic rings. The first-order valence-corrected chi connectivity index (χ1v) is 8.15. The van der Waals surface area contributed by atoms with E-state index in [-0.39, 0.29) is 11.7 Å². The molecule has 6 nitrogen and oxygen atoms in total. The number of carbonyl (C=O) groups excluding carboxylic acids is 1. The van der Waals surface area contributed by atoms with E-state index in [0.29, 0.717) is 11.5 Å². The lowest BCUT2D eigenvalue weighted by atomic mass is 10.2. The first-order valence-electron chi connectivity index (χ1n) is 7.27. The fourth-order valence-corrected chi connectivity index (χ4v) is 2.89. The topological polar surface area (TPSA) is 78.4 Å². The lowest BCUT2D eigenvalue weighted by molar-refractivity contribution is 0.0247. The third kappa shape index (κ3) is 2.69. The largest absolute Gasteiger partial charge is 0.449 e. The van der Waals surface area contributed by atoms with Crippen molar-refractivity contribution in [2.24, 2.45) is 0 Å². The summed E-state index contributed by atoms with van der Waals surface area (Å²) in [6.45, 7) is 1.67. The van der Waals surface area contributed by atoms with Crippen molar-refractivity contribution in [1.82, 2.24) is 10.2 Å². The average Bonchev–Trinajstić information content (AvgIpc) is 3.32. The molecule has 0 saturated carbocycles. The zero-order valence-corrected chi connectivity index (χ0v) is 13.4. The number of hydrogen-bond donors (Lipinski definition) is 0. The number of rotatable bonds is 4. The number of para-hydroxylation sites is 1. The number of carbonyl (C=O) groups is 1. The molecule has 0 saturated heterocycles. The molecule has 0 bridgehead atoms. The smallest absolute Gasteiger partial charge is 0.375 e. The van der Waals surface area contributed by atoms with Crippen molar-refractivity contribution in [3.63, 3.8) is 0 Å². The van der Waals surface area contributed by atoms with Gasteiger partial charge in [-0.3, -0.25) is 0 Å². The van der Waals surface area contributed by atoms with Gasteiger partial charge >= 0.3 is 5.97 Å². The van der Waals surface area contributed by atoms with Crippen LogP contribution in [0.5, 0.6) is 0 Å². The van der Waals surface area contributed by atoms with Gasteiger partial charge in [-0.2, -0.15) is 0 Å². The SMILES string of the molecule is C[C@H](OC(=O)c1cc2ccccc2o1)c1nnc(-c2cccs2)o1. The Morgan fingerprint density at radius 2 is 2.04 bits per heavy atom. The van der Waals surface area contributed by atoms with Gasteiger partial charge in [0.15, 0.2) is 6.10 Å². The highest BCUT2D eigenvalue weighted by molar-refractivity contribution is 7.13. The Morgan fingerprint density at radius 1 is 1.17 bits per heavy atom. The van der Waals surface area contributed by atoms with Crippen LogP contribution in [0.25, 0.3) is 21.7 Å². The summed E-state index contributed by atoms with van der Waals surface area (Å²) >= 11 is 1.50. The Kier molecular flexibility index (Phi) is 3.62. The van der Waals surface area contributed by atoms with Gasteiger partial charge in [0, 0.05) is 5.39 Å². The van der Waals surface area contributed by atoms with Gasteiger partial charge in [-0.1, -0.05) is 24.3 Å². The number of benzene rings is 1. The van der Waals surface area contributed by atoms with Crippen molar-refractivity contribution in [1.29, 1.82) is 0 Å². The second-order valence-corrected chi connectivity index (χ2v) is 6.07. The Morgan fingerprint density at radius 3 is 2.83 bits per heavy atom. The quantitative estimate of drug-likeness (QED) is 0.510. The number of furan rings is 1. The van der Waals surface area contributed by atoms with Gasteiger partial charge in [0.2, 0.25) is 5.76 Å². The summed E-state index contributed by atoms with van der Waals surface area (Å²) in [7, 11) is 0. The van der Waals surface area contributed by atoms with Gasteiger partial charge in [-0.05, 0) is 30.5 Å². The summed E-state index contributed by atoms with van der Waals surface area (Å²) in [6, 6.07) is 12.8. The van der Waals surface area contributed by atoms with Crippen molar-refractivity contribution in [3.8, 4) is 10.8 Å². The number of esters is 1. The normalized spacial score (nSPS) is 12.4. The summed E-state index contributed by atoms with van der Waals surface area (Å²) in [5, 5.41) is 10.7. The second kappa shape index (κ2) is 5.93. The molecular formula is C17H12N2O4S. The molecular weight excluding hydrogens is 328 g/mol. The average molecular weight is 340 g/mol. The van der Waals surface area contributed by atoms with Crippen LogP contribution in [-0.4, -0.2) is 16.2 Å². The van der Waals surface area contributed by atoms with Gasteiger partial charge in [0.1, 0.15) is 5.58 Å². The maximum atomic E-state index is 12.2. The highest BCUT2D eigenvalue weighted by Gasteiger charge is 2.22. The van der Waals surface area contributed by atoms with E-state index in [1.165, 1.54) is 11.3 Å². The van der Waals surface area contributed by atoms with Crippen LogP contribution in [-0.2, 0) is 4.74 Å². The molecule has 3 aromatic heterocycles. The first-order chi connectivity index (χ1) is 11.7. The van der Waals surface area contributed by atoms with Crippen LogP contribution < -0.4 is 0 Å². The van der Waals surface area contributed by atoms with E-state index < -0.39 is 12.1 Å². The van der Waals surface area contributed by atoms with Crippen LogP contribution in [0.1, 0.15) is 29.5 Å². The highest BCUT2D eigenvalue weighted by atomic mass is 32.1. The summed E-state index contributed by atoms with van der Waals surface area (Å²) < 4.78 is 16.4. The zero-order chi connectivity index (χ0) is 16.5. The third-order valence-electron chi connectivity index (χ3n) is 3.43. The minimum atomic E-state index is -0.674. The Balaban J connectivity index is 1.51. The third-order valence-corrected chi connectivity index (χ3v) is 4.29. The number of fused-ring (bicyclic) bond motifs is 1. The fraction of sp³-hybridized carbons (Fsp3) is 0.118. The van der Waals surface area contributed by atoms with Gasteiger partial charge in [0.05, 0.1) is 4.88 Å². The monoisotopic (exact) mass is 340 g/mol. The predicted octanol–water partition coefficient (Wildman–Crippen LogP) is 4.46. The van der Waals surface area contributed by atoms with E-state index in [2.05, 4.69) is 10.2 Å². The van der Waals surface area contributed by atoms with E-state index in [1.54, 1.807) is 19.1 Å². The minimum Gasteiger partial charge on any atom is -0.449 e. The number of thiophene rings is 1. The lowest BCUT2D eigenvalue weighted by Crippen LogP contribution is -2.08. The molecule has 120 valence electrons. The first kappa shape index (κ1) is 14.6. The number of hydrogen-bond acceptors (Lipinski definition) is 7. The van der Waals surface area contributed by atoms with Crippen LogP contribution in [0, 0.1) is 0 Å². The fourth-order valence-electron chi connectivity index (χ4n) is 2.25. The van der Waals surface area contributed by atoms with Gasteiger partial charge in [-0.15, -0.1) is 21.5 Å². The van der Waals surface area contributed by atoms with Crippen molar-refractivity contribution in [2.45, 2.75) is 13.0 Å². The number of nitrogens with zero attached hydrogens (tertiary/aromatic N) is 2. The van der Waals surface area contributed by atoms with Crippen molar-refractivity contribution in [3.05, 3.63) is 59.5 Å². The van der Waals surface area contributed by atoms with E-state index in [1.807, 2.05) is 35.7 Å². The Labute approximate surface area is 140 Å². The van der Waals surface area contributed by atoms with E-state index in [0.717, 1.165) is 10.3 Å². The van der Waals surface area contributed by atoms with E-state index in [9.17, 15) is 4.79 Å². The molecule has 0 unspecified atom stereocenters. The molecule has 24 heavy (non-hydrogen) atoms. The molecule has 7 heteroatoms. The van der Waals surface area contributed by atoms with Gasteiger partial charge in [0.25, 0.3) is 11.8 Å². The molecule has 0 radical (unpaired) electrons. The molecule has 0 spiro atoms. The molecule has 3 heterocycles.